The maximum absolute atomic E-state index is 11.8. The third-order valence-corrected chi connectivity index (χ3v) is 2.75. The van der Waals surface area contributed by atoms with Gasteiger partial charge in [-0.05, 0) is 18.6 Å². The van der Waals surface area contributed by atoms with Crippen molar-refractivity contribution >= 4 is 17.8 Å². The van der Waals surface area contributed by atoms with Crippen LogP contribution in [0.2, 0.25) is 0 Å². The number of amides is 2. The molecule has 1 aliphatic rings. The topological polar surface area (TPSA) is 87.8 Å². The maximum atomic E-state index is 11.8. The van der Waals surface area contributed by atoms with Crippen molar-refractivity contribution in [2.45, 2.75) is 12.8 Å². The van der Waals surface area contributed by atoms with Gasteiger partial charge < -0.3 is 9.52 Å². The zero-order valence-electron chi connectivity index (χ0n) is 8.96. The number of rotatable bonds is 2. The Morgan fingerprint density at radius 3 is 2.76 bits per heavy atom. The molecule has 0 aliphatic carbocycles. The van der Waals surface area contributed by atoms with Crippen molar-refractivity contribution in [2.24, 2.45) is 5.92 Å². The average Bonchev–Trinajstić information content (AvgIpc) is 2.81. The SMILES string of the molecule is O=C(O)C1CCN(C(=O)c2ccco2)C(=O)C1. The molecule has 0 aromatic carbocycles. The summed E-state index contributed by atoms with van der Waals surface area (Å²) < 4.78 is 4.91. The fraction of sp³-hybridized carbons (Fsp3) is 0.364. The summed E-state index contributed by atoms with van der Waals surface area (Å²) >= 11 is 0. The van der Waals surface area contributed by atoms with Crippen molar-refractivity contribution in [2.75, 3.05) is 6.54 Å². The lowest BCUT2D eigenvalue weighted by Gasteiger charge is -2.27. The van der Waals surface area contributed by atoms with E-state index in [1.165, 1.54) is 12.3 Å². The zero-order chi connectivity index (χ0) is 12.4. The Morgan fingerprint density at radius 1 is 1.47 bits per heavy atom. The van der Waals surface area contributed by atoms with Crippen LogP contribution < -0.4 is 0 Å². The number of piperidine rings is 1. The lowest BCUT2D eigenvalue weighted by Crippen LogP contribution is -2.44. The predicted molar refractivity (Wildman–Crippen MR) is 55.1 cm³/mol. The Balaban J connectivity index is 2.07. The van der Waals surface area contributed by atoms with Gasteiger partial charge in [-0.2, -0.15) is 0 Å². The monoisotopic (exact) mass is 237 g/mol. The Bertz CT molecular complexity index is 450. The highest BCUT2D eigenvalue weighted by molar-refractivity contribution is 6.04. The number of imide groups is 1. The summed E-state index contributed by atoms with van der Waals surface area (Å²) in [7, 11) is 0. The largest absolute Gasteiger partial charge is 0.481 e. The van der Waals surface area contributed by atoms with Gasteiger partial charge in [0.1, 0.15) is 0 Å². The predicted octanol–water partition coefficient (Wildman–Crippen LogP) is 0.743. The number of likely N-dealkylation sites (tertiary alicyclic amines) is 1. The molecule has 90 valence electrons. The Morgan fingerprint density at radius 2 is 2.24 bits per heavy atom. The van der Waals surface area contributed by atoms with Crippen LogP contribution in [-0.2, 0) is 9.59 Å². The summed E-state index contributed by atoms with van der Waals surface area (Å²) in [5.41, 5.74) is 0. The Kier molecular flexibility index (Phi) is 2.95. The number of nitrogens with zero attached hydrogens (tertiary/aromatic N) is 1. The molecule has 0 saturated carbocycles. The fourth-order valence-electron chi connectivity index (χ4n) is 1.79. The zero-order valence-corrected chi connectivity index (χ0v) is 8.96. The summed E-state index contributed by atoms with van der Waals surface area (Å²) in [4.78, 5) is 35.2. The number of carbonyl (C=O) groups excluding carboxylic acids is 2. The van der Waals surface area contributed by atoms with Crippen LogP contribution in [0, 0.1) is 5.92 Å². The van der Waals surface area contributed by atoms with E-state index >= 15 is 0 Å². The second-order valence-electron chi connectivity index (χ2n) is 3.86. The molecule has 1 N–H and O–H groups in total. The van der Waals surface area contributed by atoms with Crippen LogP contribution in [-0.4, -0.2) is 34.3 Å². The molecule has 1 unspecified atom stereocenters. The van der Waals surface area contributed by atoms with E-state index in [9.17, 15) is 14.4 Å². The molecule has 17 heavy (non-hydrogen) atoms. The van der Waals surface area contributed by atoms with Gasteiger partial charge in [0.2, 0.25) is 5.91 Å². The van der Waals surface area contributed by atoms with Crippen LogP contribution in [0.25, 0.3) is 0 Å². The van der Waals surface area contributed by atoms with Crippen LogP contribution in [0.4, 0.5) is 0 Å². The first-order valence-electron chi connectivity index (χ1n) is 5.20. The molecule has 0 radical (unpaired) electrons. The molecule has 2 heterocycles. The molecular weight excluding hydrogens is 226 g/mol. The van der Waals surface area contributed by atoms with Gasteiger partial charge in [0.15, 0.2) is 5.76 Å². The second-order valence-corrected chi connectivity index (χ2v) is 3.86. The second kappa shape index (κ2) is 4.40. The summed E-state index contributed by atoms with van der Waals surface area (Å²) in [5, 5.41) is 8.79. The highest BCUT2D eigenvalue weighted by Crippen LogP contribution is 2.20. The van der Waals surface area contributed by atoms with Crippen molar-refractivity contribution in [3.05, 3.63) is 24.2 Å². The van der Waals surface area contributed by atoms with Gasteiger partial charge in [-0.25, -0.2) is 0 Å². The van der Waals surface area contributed by atoms with Gasteiger partial charge in [-0.3, -0.25) is 19.3 Å². The molecule has 0 bridgehead atoms. The average molecular weight is 237 g/mol. The Hall–Kier alpha value is -2.11. The van der Waals surface area contributed by atoms with E-state index < -0.39 is 23.7 Å². The van der Waals surface area contributed by atoms with Crippen LogP contribution in [0.15, 0.2) is 22.8 Å². The van der Waals surface area contributed by atoms with E-state index in [-0.39, 0.29) is 25.1 Å². The molecule has 6 heteroatoms. The van der Waals surface area contributed by atoms with Crippen LogP contribution in [0.3, 0.4) is 0 Å². The maximum Gasteiger partial charge on any atom is 0.307 e. The molecule has 2 amide bonds. The number of furan rings is 1. The van der Waals surface area contributed by atoms with Gasteiger partial charge in [0.05, 0.1) is 12.2 Å². The molecule has 1 aromatic heterocycles. The van der Waals surface area contributed by atoms with Crippen molar-refractivity contribution < 1.29 is 23.9 Å². The van der Waals surface area contributed by atoms with Crippen molar-refractivity contribution in [3.63, 3.8) is 0 Å². The number of carbonyl (C=O) groups is 3. The minimum Gasteiger partial charge on any atom is -0.481 e. The number of carboxylic acids is 1. The molecule has 0 spiro atoms. The summed E-state index contributed by atoms with van der Waals surface area (Å²) in [6, 6.07) is 3.03. The molecule has 1 atom stereocenters. The van der Waals surface area contributed by atoms with E-state index in [0.29, 0.717) is 0 Å². The highest BCUT2D eigenvalue weighted by Gasteiger charge is 2.34. The van der Waals surface area contributed by atoms with Gasteiger partial charge in [0, 0.05) is 13.0 Å². The van der Waals surface area contributed by atoms with Crippen LogP contribution in [0.1, 0.15) is 23.4 Å². The van der Waals surface area contributed by atoms with Gasteiger partial charge in [-0.1, -0.05) is 0 Å². The number of hydrogen-bond donors (Lipinski definition) is 1. The normalized spacial score (nSPS) is 20.4. The van der Waals surface area contributed by atoms with Gasteiger partial charge in [0.25, 0.3) is 5.91 Å². The van der Waals surface area contributed by atoms with Gasteiger partial charge >= 0.3 is 5.97 Å². The van der Waals surface area contributed by atoms with Crippen molar-refractivity contribution in [3.8, 4) is 0 Å². The molecule has 1 aliphatic heterocycles. The summed E-state index contributed by atoms with van der Waals surface area (Å²) in [5.74, 6) is -2.58. The summed E-state index contributed by atoms with van der Waals surface area (Å²) in [6.07, 6.45) is 1.50. The van der Waals surface area contributed by atoms with E-state index in [0.717, 1.165) is 4.90 Å². The number of aliphatic carboxylic acids is 1. The standard InChI is InChI=1S/C11H11NO5/c13-9-6-7(11(15)16)3-4-12(9)10(14)8-2-1-5-17-8/h1-2,5,7H,3-4,6H2,(H,15,16). The van der Waals surface area contributed by atoms with Crippen molar-refractivity contribution in [1.29, 1.82) is 0 Å². The smallest absolute Gasteiger partial charge is 0.307 e. The van der Waals surface area contributed by atoms with Crippen LogP contribution in [0.5, 0.6) is 0 Å². The van der Waals surface area contributed by atoms with E-state index in [4.69, 9.17) is 9.52 Å². The molecular formula is C11H11NO5. The number of hydrogen-bond acceptors (Lipinski definition) is 4. The lowest BCUT2D eigenvalue weighted by atomic mass is 9.96. The summed E-state index contributed by atoms with van der Waals surface area (Å²) in [6.45, 7) is 0.120. The molecule has 2 rings (SSSR count). The van der Waals surface area contributed by atoms with E-state index in [2.05, 4.69) is 0 Å². The Labute approximate surface area is 96.8 Å². The fourth-order valence-corrected chi connectivity index (χ4v) is 1.79. The molecule has 6 nitrogen and oxygen atoms in total. The minimum absolute atomic E-state index is 0.0899. The third kappa shape index (κ3) is 2.20. The molecule has 1 fully saturated rings. The van der Waals surface area contributed by atoms with Crippen molar-refractivity contribution in [1.82, 2.24) is 4.90 Å². The first-order valence-corrected chi connectivity index (χ1v) is 5.20. The lowest BCUT2D eigenvalue weighted by molar-refractivity contribution is -0.148. The number of carboxylic acid groups (broad SMARTS) is 1. The van der Waals surface area contributed by atoms with Crippen LogP contribution >= 0.6 is 0 Å². The van der Waals surface area contributed by atoms with E-state index in [1.54, 1.807) is 6.07 Å². The molecule has 1 aromatic rings. The highest BCUT2D eigenvalue weighted by atomic mass is 16.4. The minimum atomic E-state index is -0.997. The molecule has 1 saturated heterocycles. The first kappa shape index (κ1) is 11.4. The third-order valence-electron chi connectivity index (χ3n) is 2.75. The first-order chi connectivity index (χ1) is 8.09. The quantitative estimate of drug-likeness (QED) is 0.766. The van der Waals surface area contributed by atoms with E-state index in [1.807, 2.05) is 0 Å². The van der Waals surface area contributed by atoms with Gasteiger partial charge in [-0.15, -0.1) is 0 Å².